The third-order valence-electron chi connectivity index (χ3n) is 3.95. The Morgan fingerprint density at radius 1 is 1.03 bits per heavy atom. The van der Waals surface area contributed by atoms with Crippen LogP contribution in [0.4, 0.5) is 0 Å². The molecule has 0 radical (unpaired) electrons. The molecule has 2 aromatic carbocycles. The number of aliphatic hydroxyl groups is 3. The minimum absolute atomic E-state index is 0.220. The maximum absolute atomic E-state index is 12.4. The van der Waals surface area contributed by atoms with Crippen molar-refractivity contribution in [3.05, 3.63) is 64.7 Å². The van der Waals surface area contributed by atoms with E-state index in [1.54, 1.807) is 19.9 Å². The topological polar surface area (TPSA) is 104 Å². The number of hydrogen-bond acceptors (Lipinski definition) is 7. The van der Waals surface area contributed by atoms with Gasteiger partial charge in [0.2, 0.25) is 0 Å². The van der Waals surface area contributed by atoms with Crippen LogP contribution >= 0.6 is 11.8 Å². The maximum atomic E-state index is 12.4. The fourth-order valence-corrected chi connectivity index (χ4v) is 3.23. The molecule has 0 amide bonds. The van der Waals surface area contributed by atoms with Gasteiger partial charge in [-0.05, 0) is 98.6 Å². The first-order valence-electron chi connectivity index (χ1n) is 8.85. The predicted octanol–water partition coefficient (Wildman–Crippen LogP) is 3.24. The predicted molar refractivity (Wildman–Crippen MR) is 112 cm³/mol. The number of hydrogen-bond donors (Lipinski definition) is 3. The minimum atomic E-state index is -2.86. The quantitative estimate of drug-likeness (QED) is 0.199. The number of rotatable bonds is 8. The number of aldehydes is 1. The Balaban J connectivity index is 2.15. The molecule has 2 aromatic rings. The van der Waals surface area contributed by atoms with Crippen molar-refractivity contribution in [3.63, 3.8) is 0 Å². The van der Waals surface area contributed by atoms with Crippen LogP contribution in [0.15, 0.2) is 47.4 Å². The lowest BCUT2D eigenvalue weighted by Gasteiger charge is -2.23. The van der Waals surface area contributed by atoms with Gasteiger partial charge in [-0.15, -0.1) is 0 Å². The Morgan fingerprint density at radius 3 is 2.07 bits per heavy atom. The van der Waals surface area contributed by atoms with Gasteiger partial charge in [0.1, 0.15) is 5.75 Å². The number of ether oxygens (including phenoxy) is 1. The molecule has 0 saturated carbocycles. The molecule has 0 aromatic heterocycles. The molecule has 0 fully saturated rings. The molecule has 0 aliphatic rings. The van der Waals surface area contributed by atoms with Gasteiger partial charge in [-0.1, -0.05) is 6.08 Å². The minimum Gasteiger partial charge on any atom is -0.480 e. The second-order valence-electron chi connectivity index (χ2n) is 7.21. The zero-order valence-corrected chi connectivity index (χ0v) is 17.5. The van der Waals surface area contributed by atoms with E-state index in [1.807, 2.05) is 26.0 Å². The highest BCUT2D eigenvalue weighted by Crippen LogP contribution is 2.29. The van der Waals surface area contributed by atoms with Gasteiger partial charge in [0.05, 0.1) is 0 Å². The first-order chi connectivity index (χ1) is 13.4. The van der Waals surface area contributed by atoms with Gasteiger partial charge in [0.15, 0.2) is 17.7 Å². The lowest BCUT2D eigenvalue weighted by atomic mass is 10.0. The number of allylic oxidation sites excluding steroid dienone is 1. The fraction of sp³-hybridized carbons (Fsp3) is 0.273. The Kier molecular flexibility index (Phi) is 7.02. The fourth-order valence-electron chi connectivity index (χ4n) is 2.64. The first-order valence-corrected chi connectivity index (χ1v) is 9.67. The van der Waals surface area contributed by atoms with Crippen LogP contribution < -0.4 is 4.74 Å². The summed E-state index contributed by atoms with van der Waals surface area (Å²) < 4.78 is 5.79. The largest absolute Gasteiger partial charge is 0.480 e. The van der Waals surface area contributed by atoms with Gasteiger partial charge < -0.3 is 20.1 Å². The summed E-state index contributed by atoms with van der Waals surface area (Å²) in [5.41, 5.74) is 2.03. The summed E-state index contributed by atoms with van der Waals surface area (Å²) in [6.07, 6.45) is 3.89. The van der Waals surface area contributed by atoms with Crippen molar-refractivity contribution >= 4 is 29.9 Å². The Labute approximate surface area is 173 Å². The van der Waals surface area contributed by atoms with Crippen molar-refractivity contribution in [2.75, 3.05) is 0 Å². The van der Waals surface area contributed by atoms with Crippen molar-refractivity contribution in [3.8, 4) is 5.75 Å². The van der Waals surface area contributed by atoms with Crippen molar-refractivity contribution in [1.82, 2.24) is 0 Å². The van der Waals surface area contributed by atoms with Gasteiger partial charge in [-0.25, -0.2) is 0 Å². The molecule has 3 N–H and O–H groups in total. The lowest BCUT2D eigenvalue weighted by molar-refractivity contribution is -0.234. The molecule has 154 valence electrons. The van der Waals surface area contributed by atoms with Crippen LogP contribution in [-0.4, -0.2) is 38.3 Å². The smallest absolute Gasteiger partial charge is 0.334 e. The summed E-state index contributed by atoms with van der Waals surface area (Å²) in [6, 6.07) is 9.84. The van der Waals surface area contributed by atoms with Crippen LogP contribution in [0.25, 0.3) is 6.08 Å². The van der Waals surface area contributed by atoms with Crippen molar-refractivity contribution in [2.45, 2.75) is 43.5 Å². The molecule has 2 rings (SSSR count). The van der Waals surface area contributed by atoms with E-state index in [0.717, 1.165) is 23.0 Å². The highest BCUT2D eigenvalue weighted by atomic mass is 32.2. The van der Waals surface area contributed by atoms with Crippen LogP contribution in [0.3, 0.4) is 0 Å². The summed E-state index contributed by atoms with van der Waals surface area (Å²) in [6.45, 7) is 7.14. The zero-order chi connectivity index (χ0) is 21.8. The van der Waals surface area contributed by atoms with Gasteiger partial charge in [-0.3, -0.25) is 9.59 Å². The molecule has 29 heavy (non-hydrogen) atoms. The van der Waals surface area contributed by atoms with Crippen LogP contribution in [0.1, 0.15) is 40.9 Å². The average molecular weight is 416 g/mol. The maximum Gasteiger partial charge on any atom is 0.334 e. The highest BCUT2D eigenvalue weighted by molar-refractivity contribution is 8.00. The highest BCUT2D eigenvalue weighted by Gasteiger charge is 2.21. The third-order valence-corrected chi connectivity index (χ3v) is 4.73. The Bertz CT molecular complexity index is 900. The summed E-state index contributed by atoms with van der Waals surface area (Å²) in [4.78, 5) is 23.9. The van der Waals surface area contributed by atoms with Crippen LogP contribution in [0, 0.1) is 13.8 Å². The molecule has 0 heterocycles. The van der Waals surface area contributed by atoms with Gasteiger partial charge in [0.25, 0.3) is 0 Å². The number of ketones is 1. The monoisotopic (exact) mass is 416 g/mol. The standard InChI is InChI=1S/C22H24O6S/c1-14-11-16(12-15(2)20(14)28-21(3,4)13-23)5-10-19(24)17-6-8-18(9-7-17)29-22(25,26)27/h5-13,25-27H,1-4H3/b10-5+. The first kappa shape index (κ1) is 22.8. The Hall–Kier alpha value is -2.45. The molecule has 0 spiro atoms. The third kappa shape index (κ3) is 6.83. The average Bonchev–Trinajstić information content (AvgIpc) is 2.62. The van der Waals surface area contributed by atoms with E-state index >= 15 is 0 Å². The Morgan fingerprint density at radius 2 is 1.59 bits per heavy atom. The van der Waals surface area contributed by atoms with Crippen molar-refractivity contribution in [1.29, 1.82) is 0 Å². The molecule has 0 saturated heterocycles. The van der Waals surface area contributed by atoms with E-state index in [9.17, 15) is 9.59 Å². The van der Waals surface area contributed by atoms with E-state index in [0.29, 0.717) is 28.0 Å². The molecular formula is C22H24O6S. The van der Waals surface area contributed by atoms with E-state index in [-0.39, 0.29) is 5.78 Å². The number of carbonyl (C=O) groups is 2. The molecule has 0 aliphatic heterocycles. The summed E-state index contributed by atoms with van der Waals surface area (Å²) >= 11 is 0.445. The van der Waals surface area contributed by atoms with Crippen LogP contribution in [-0.2, 0) is 4.79 Å². The zero-order valence-electron chi connectivity index (χ0n) is 16.7. The molecule has 0 atom stereocenters. The second-order valence-corrected chi connectivity index (χ2v) is 8.43. The van der Waals surface area contributed by atoms with Crippen LogP contribution in [0.2, 0.25) is 0 Å². The molecule has 0 bridgehead atoms. The van der Waals surface area contributed by atoms with E-state index in [1.165, 1.54) is 30.3 Å². The number of aryl methyl sites for hydroxylation is 2. The van der Waals surface area contributed by atoms with E-state index in [4.69, 9.17) is 20.1 Å². The molecule has 0 unspecified atom stereocenters. The van der Waals surface area contributed by atoms with E-state index in [2.05, 4.69) is 0 Å². The summed E-state index contributed by atoms with van der Waals surface area (Å²) in [5, 5.41) is 24.0. The number of thioether (sulfide) groups is 1. The molecule has 0 aliphatic carbocycles. The van der Waals surface area contributed by atoms with Gasteiger partial charge in [-0.2, -0.15) is 0 Å². The normalized spacial score (nSPS) is 12.2. The van der Waals surface area contributed by atoms with Crippen molar-refractivity contribution in [2.24, 2.45) is 0 Å². The second kappa shape index (κ2) is 8.92. The summed E-state index contributed by atoms with van der Waals surface area (Å²) in [5.74, 6) is 0.425. The molecule has 7 heteroatoms. The number of carbonyl (C=O) groups excluding carboxylic acids is 2. The van der Waals surface area contributed by atoms with E-state index < -0.39 is 10.9 Å². The van der Waals surface area contributed by atoms with Gasteiger partial charge >= 0.3 is 5.31 Å². The van der Waals surface area contributed by atoms with Crippen molar-refractivity contribution < 1.29 is 29.6 Å². The van der Waals surface area contributed by atoms with Gasteiger partial charge in [0, 0.05) is 10.5 Å². The molecule has 6 nitrogen and oxygen atoms in total. The lowest BCUT2D eigenvalue weighted by Crippen LogP contribution is -2.30. The molecular weight excluding hydrogens is 392 g/mol. The SMILES string of the molecule is Cc1cc(/C=C/C(=O)c2ccc(SC(O)(O)O)cc2)cc(C)c1OC(C)(C)C=O. The number of benzene rings is 2. The van der Waals surface area contributed by atoms with Crippen LogP contribution in [0.5, 0.6) is 5.75 Å². The summed E-state index contributed by atoms with van der Waals surface area (Å²) in [7, 11) is 0.